The van der Waals surface area contributed by atoms with E-state index in [1.807, 2.05) is 13.8 Å². The molecule has 2 amide bonds. The zero-order chi connectivity index (χ0) is 13.1. The minimum atomic E-state index is -0.0832. The van der Waals surface area contributed by atoms with Gasteiger partial charge in [-0.3, -0.25) is 14.5 Å². The van der Waals surface area contributed by atoms with Crippen molar-refractivity contribution in [1.29, 1.82) is 0 Å². The molecule has 3 fully saturated rings. The third-order valence-electron chi connectivity index (χ3n) is 4.72. The Kier molecular flexibility index (Phi) is 2.56. The lowest BCUT2D eigenvalue weighted by Crippen LogP contribution is -2.41. The molecule has 0 aromatic rings. The maximum atomic E-state index is 12.1. The number of imide groups is 1. The highest BCUT2D eigenvalue weighted by molar-refractivity contribution is 6.10. The third-order valence-corrected chi connectivity index (χ3v) is 4.72. The molecule has 3 rings (SSSR count). The number of nitrogens with one attached hydrogen (secondary N) is 1. The molecule has 0 aromatic carbocycles. The molecular formula is C14H22N2O2. The molecule has 4 heteroatoms. The van der Waals surface area contributed by atoms with Crippen molar-refractivity contribution in [3.8, 4) is 0 Å². The number of piperidine rings is 1. The maximum Gasteiger partial charge on any atom is 0.233 e. The van der Waals surface area contributed by atoms with Gasteiger partial charge in [-0.2, -0.15) is 0 Å². The van der Waals surface area contributed by atoms with Gasteiger partial charge in [-0.25, -0.2) is 0 Å². The summed E-state index contributed by atoms with van der Waals surface area (Å²) >= 11 is 0. The second-order valence-corrected chi connectivity index (χ2v) is 6.85. The Morgan fingerprint density at radius 3 is 2.33 bits per heavy atom. The van der Waals surface area contributed by atoms with Crippen molar-refractivity contribution < 1.29 is 9.59 Å². The molecule has 1 saturated heterocycles. The highest BCUT2D eigenvalue weighted by Gasteiger charge is 2.72. The molecule has 0 aromatic heterocycles. The van der Waals surface area contributed by atoms with Crippen LogP contribution in [-0.4, -0.2) is 35.8 Å². The van der Waals surface area contributed by atoms with Crippen molar-refractivity contribution in [3.63, 3.8) is 0 Å². The van der Waals surface area contributed by atoms with E-state index in [0.29, 0.717) is 18.5 Å². The number of hydrogen-bond acceptors (Lipinski definition) is 3. The summed E-state index contributed by atoms with van der Waals surface area (Å²) in [4.78, 5) is 25.8. The Bertz CT molecular complexity index is 377. The van der Waals surface area contributed by atoms with Gasteiger partial charge in [0, 0.05) is 12.6 Å². The average molecular weight is 250 g/mol. The lowest BCUT2D eigenvalue weighted by atomic mass is 10.0. The number of rotatable bonds is 5. The molecule has 0 bridgehead atoms. The number of hydrogen-bond donors (Lipinski definition) is 1. The SMILES string of the molecule is CC(CNC1CC1)CN1C(=O)C2C(C1=O)C2(C)C. The summed E-state index contributed by atoms with van der Waals surface area (Å²) in [6.45, 7) is 7.63. The van der Waals surface area contributed by atoms with Gasteiger partial charge in [0.05, 0.1) is 11.8 Å². The van der Waals surface area contributed by atoms with E-state index in [1.54, 1.807) is 0 Å². The maximum absolute atomic E-state index is 12.1. The van der Waals surface area contributed by atoms with Crippen molar-refractivity contribution in [2.24, 2.45) is 23.2 Å². The topological polar surface area (TPSA) is 49.4 Å². The lowest BCUT2D eigenvalue weighted by Gasteiger charge is -2.24. The van der Waals surface area contributed by atoms with Crippen molar-refractivity contribution in [3.05, 3.63) is 0 Å². The fourth-order valence-corrected chi connectivity index (χ4v) is 3.22. The van der Waals surface area contributed by atoms with Gasteiger partial charge < -0.3 is 5.32 Å². The minimum Gasteiger partial charge on any atom is -0.314 e. The standard InChI is InChI=1S/C14H22N2O2/c1-8(6-15-9-4-5-9)7-16-12(17)10-11(13(16)18)14(10,2)3/h8-11,15H,4-7H2,1-3H3. The van der Waals surface area contributed by atoms with Crippen molar-refractivity contribution in [2.45, 2.75) is 39.7 Å². The van der Waals surface area contributed by atoms with E-state index in [-0.39, 0.29) is 29.1 Å². The summed E-state index contributed by atoms with van der Waals surface area (Å²) in [5.74, 6) is 0.405. The molecule has 1 aliphatic heterocycles. The van der Waals surface area contributed by atoms with Gasteiger partial charge in [0.25, 0.3) is 0 Å². The van der Waals surface area contributed by atoms with Gasteiger partial charge in [-0.15, -0.1) is 0 Å². The van der Waals surface area contributed by atoms with Crippen LogP contribution in [0.4, 0.5) is 0 Å². The van der Waals surface area contributed by atoms with E-state index in [0.717, 1.165) is 6.54 Å². The van der Waals surface area contributed by atoms with Gasteiger partial charge >= 0.3 is 0 Å². The summed E-state index contributed by atoms with van der Waals surface area (Å²) in [7, 11) is 0. The second kappa shape index (κ2) is 3.80. The van der Waals surface area contributed by atoms with Crippen LogP contribution >= 0.6 is 0 Å². The van der Waals surface area contributed by atoms with Gasteiger partial charge in [0.1, 0.15) is 0 Å². The molecule has 100 valence electrons. The van der Waals surface area contributed by atoms with Crippen LogP contribution in [0.5, 0.6) is 0 Å². The number of nitrogens with zero attached hydrogens (tertiary/aromatic N) is 1. The molecule has 2 aliphatic carbocycles. The van der Waals surface area contributed by atoms with Crippen molar-refractivity contribution >= 4 is 11.8 Å². The van der Waals surface area contributed by atoms with E-state index < -0.39 is 0 Å². The fourth-order valence-electron chi connectivity index (χ4n) is 3.22. The van der Waals surface area contributed by atoms with E-state index in [1.165, 1.54) is 17.7 Å². The van der Waals surface area contributed by atoms with Crippen LogP contribution in [0.3, 0.4) is 0 Å². The molecule has 1 heterocycles. The number of amides is 2. The van der Waals surface area contributed by atoms with Crippen LogP contribution in [-0.2, 0) is 9.59 Å². The first-order valence-corrected chi connectivity index (χ1v) is 7.01. The number of carbonyl (C=O) groups is 2. The minimum absolute atomic E-state index is 0.0337. The second-order valence-electron chi connectivity index (χ2n) is 6.85. The van der Waals surface area contributed by atoms with Gasteiger partial charge in [-0.05, 0) is 30.7 Å². The van der Waals surface area contributed by atoms with Crippen LogP contribution in [0.15, 0.2) is 0 Å². The van der Waals surface area contributed by atoms with Crippen LogP contribution in [0.2, 0.25) is 0 Å². The summed E-state index contributed by atoms with van der Waals surface area (Å²) in [6.07, 6.45) is 2.54. The predicted molar refractivity (Wildman–Crippen MR) is 67.7 cm³/mol. The number of fused-ring (bicyclic) bond motifs is 1. The number of carbonyl (C=O) groups excluding carboxylic acids is 2. The van der Waals surface area contributed by atoms with E-state index in [2.05, 4.69) is 12.2 Å². The summed E-state index contributed by atoms with van der Waals surface area (Å²) in [5.41, 5.74) is -0.0832. The number of likely N-dealkylation sites (tertiary alicyclic amines) is 1. The normalized spacial score (nSPS) is 34.7. The third kappa shape index (κ3) is 1.78. The van der Waals surface area contributed by atoms with Crippen LogP contribution in [0.1, 0.15) is 33.6 Å². The van der Waals surface area contributed by atoms with Gasteiger partial charge in [0.15, 0.2) is 0 Å². The zero-order valence-corrected chi connectivity index (χ0v) is 11.4. The molecule has 18 heavy (non-hydrogen) atoms. The van der Waals surface area contributed by atoms with Crippen molar-refractivity contribution in [2.75, 3.05) is 13.1 Å². The van der Waals surface area contributed by atoms with Crippen LogP contribution in [0, 0.1) is 23.2 Å². The van der Waals surface area contributed by atoms with Crippen LogP contribution in [0.25, 0.3) is 0 Å². The largest absolute Gasteiger partial charge is 0.314 e. The Morgan fingerprint density at radius 1 is 1.28 bits per heavy atom. The molecule has 3 unspecified atom stereocenters. The molecule has 4 nitrogen and oxygen atoms in total. The van der Waals surface area contributed by atoms with Gasteiger partial charge in [-0.1, -0.05) is 20.8 Å². The highest BCUT2D eigenvalue weighted by atomic mass is 16.2. The average Bonchev–Trinajstić information content (AvgIpc) is 3.16. The molecule has 1 N–H and O–H groups in total. The van der Waals surface area contributed by atoms with E-state index in [9.17, 15) is 9.59 Å². The molecule has 3 atom stereocenters. The Balaban J connectivity index is 1.54. The smallest absolute Gasteiger partial charge is 0.233 e. The van der Waals surface area contributed by atoms with Crippen molar-refractivity contribution in [1.82, 2.24) is 10.2 Å². The van der Waals surface area contributed by atoms with E-state index >= 15 is 0 Å². The first kappa shape index (κ1) is 12.2. The summed E-state index contributed by atoms with van der Waals surface area (Å²) in [5, 5.41) is 3.45. The molecule has 2 saturated carbocycles. The Hall–Kier alpha value is -0.900. The monoisotopic (exact) mass is 250 g/mol. The molecule has 0 radical (unpaired) electrons. The summed E-state index contributed by atoms with van der Waals surface area (Å²) < 4.78 is 0. The molecule has 3 aliphatic rings. The Morgan fingerprint density at radius 2 is 1.83 bits per heavy atom. The highest BCUT2D eigenvalue weighted by Crippen LogP contribution is 2.63. The molecule has 0 spiro atoms. The predicted octanol–water partition coefficient (Wildman–Crippen LogP) is 1.02. The first-order valence-electron chi connectivity index (χ1n) is 7.01. The summed E-state index contributed by atoms with van der Waals surface area (Å²) in [6, 6.07) is 0.685. The van der Waals surface area contributed by atoms with Gasteiger partial charge in [0.2, 0.25) is 11.8 Å². The first-order chi connectivity index (χ1) is 8.43. The quantitative estimate of drug-likeness (QED) is 0.741. The lowest BCUT2D eigenvalue weighted by molar-refractivity contribution is -0.143. The van der Waals surface area contributed by atoms with Crippen LogP contribution < -0.4 is 5.32 Å². The van der Waals surface area contributed by atoms with E-state index in [4.69, 9.17) is 0 Å². The fraction of sp³-hybridized carbons (Fsp3) is 0.857. The zero-order valence-electron chi connectivity index (χ0n) is 11.4. The molecular weight excluding hydrogens is 228 g/mol. The Labute approximate surface area is 108 Å².